The van der Waals surface area contributed by atoms with Crippen molar-refractivity contribution in [3.05, 3.63) is 17.5 Å². The third-order valence-corrected chi connectivity index (χ3v) is 1.95. The summed E-state index contributed by atoms with van der Waals surface area (Å²) in [6.45, 7) is 2.26. The summed E-state index contributed by atoms with van der Waals surface area (Å²) in [7, 11) is 0. The maximum absolute atomic E-state index is 11.4. The van der Waals surface area contributed by atoms with Gasteiger partial charge in [0.25, 0.3) is 5.91 Å². The van der Waals surface area contributed by atoms with Gasteiger partial charge in [-0.15, -0.1) is 0 Å². The molecule has 0 aliphatic rings. The molecule has 0 aliphatic heterocycles. The summed E-state index contributed by atoms with van der Waals surface area (Å²) in [4.78, 5) is 11.9. The molecule has 5 nitrogen and oxygen atoms in total. The lowest BCUT2D eigenvalue weighted by molar-refractivity contribution is 0.0944. The predicted molar refractivity (Wildman–Crippen MR) is 59.6 cm³/mol. The minimum atomic E-state index is -0.241. The lowest BCUT2D eigenvalue weighted by Crippen LogP contribution is -2.25. The molecule has 0 atom stereocenters. The fourth-order valence-corrected chi connectivity index (χ4v) is 1.17. The molecule has 0 saturated heterocycles. The lowest BCUT2D eigenvalue weighted by atomic mass is 10.3. The molecule has 0 aliphatic carbocycles. The maximum atomic E-state index is 11.4. The highest BCUT2D eigenvalue weighted by Crippen LogP contribution is 2.00. The van der Waals surface area contributed by atoms with Gasteiger partial charge in [0.2, 0.25) is 0 Å². The van der Waals surface area contributed by atoms with Crippen molar-refractivity contribution in [2.45, 2.75) is 19.8 Å². The van der Waals surface area contributed by atoms with Crippen molar-refractivity contribution in [3.8, 4) is 0 Å². The van der Waals surface area contributed by atoms with Crippen LogP contribution in [-0.2, 0) is 0 Å². The van der Waals surface area contributed by atoms with E-state index in [1.165, 1.54) is 0 Å². The molecular weight excluding hydrogens is 214 g/mol. The number of hydrogen-bond acceptors (Lipinski definition) is 4. The summed E-state index contributed by atoms with van der Waals surface area (Å²) in [5.41, 5.74) is 5.61. The number of nitrogens with zero attached hydrogens (tertiary/aromatic N) is 1. The van der Waals surface area contributed by atoms with E-state index < -0.39 is 0 Å². The van der Waals surface area contributed by atoms with E-state index in [9.17, 15) is 4.79 Å². The Morgan fingerprint density at radius 1 is 1.73 bits per heavy atom. The van der Waals surface area contributed by atoms with Crippen LogP contribution in [0, 0.1) is 6.92 Å². The number of hydrogen-bond donors (Lipinski definition) is 2. The Morgan fingerprint density at radius 2 is 2.47 bits per heavy atom. The van der Waals surface area contributed by atoms with Crippen LogP contribution >= 0.6 is 12.2 Å². The summed E-state index contributed by atoms with van der Waals surface area (Å²) in [5, 5.41) is 6.28. The van der Waals surface area contributed by atoms with Crippen LogP contribution in [0.25, 0.3) is 0 Å². The van der Waals surface area contributed by atoms with Crippen LogP contribution < -0.4 is 11.1 Å². The van der Waals surface area contributed by atoms with Crippen molar-refractivity contribution in [3.63, 3.8) is 0 Å². The van der Waals surface area contributed by atoms with Crippen molar-refractivity contribution in [2.75, 3.05) is 6.54 Å². The molecule has 82 valence electrons. The fourth-order valence-electron chi connectivity index (χ4n) is 1.03. The number of amides is 1. The van der Waals surface area contributed by atoms with E-state index in [1.807, 2.05) is 0 Å². The van der Waals surface area contributed by atoms with Crippen molar-refractivity contribution in [1.82, 2.24) is 10.5 Å². The highest BCUT2D eigenvalue weighted by Gasteiger charge is 2.09. The van der Waals surface area contributed by atoms with Gasteiger partial charge < -0.3 is 15.6 Å². The standard InChI is InChI=1S/C9H13N3O2S/c1-6-5-7(12-14-6)9(13)11-4-2-3-8(10)15/h5H,2-4H2,1H3,(H2,10,15)(H,11,13). The van der Waals surface area contributed by atoms with Gasteiger partial charge in [0.1, 0.15) is 5.76 Å². The summed E-state index contributed by atoms with van der Waals surface area (Å²) in [6, 6.07) is 1.59. The van der Waals surface area contributed by atoms with E-state index in [0.29, 0.717) is 29.4 Å². The molecule has 0 aromatic carbocycles. The Morgan fingerprint density at radius 3 is 3.00 bits per heavy atom. The van der Waals surface area contributed by atoms with Crippen LogP contribution in [0.15, 0.2) is 10.6 Å². The normalized spacial score (nSPS) is 9.93. The molecule has 0 fully saturated rings. The number of rotatable bonds is 5. The Kier molecular flexibility index (Phi) is 4.23. The molecule has 0 unspecified atom stereocenters. The van der Waals surface area contributed by atoms with Crippen LogP contribution in [0.1, 0.15) is 29.1 Å². The number of nitrogens with one attached hydrogen (secondary N) is 1. The van der Waals surface area contributed by atoms with Crippen molar-refractivity contribution >= 4 is 23.1 Å². The van der Waals surface area contributed by atoms with Gasteiger partial charge in [0, 0.05) is 12.6 Å². The number of nitrogens with two attached hydrogens (primary N) is 1. The first-order valence-corrected chi connectivity index (χ1v) is 5.00. The summed E-state index contributed by atoms with van der Waals surface area (Å²) in [6.07, 6.45) is 1.37. The Bertz CT molecular complexity index is 362. The van der Waals surface area contributed by atoms with Crippen LogP contribution in [0.4, 0.5) is 0 Å². The molecule has 0 bridgehead atoms. The number of carbonyl (C=O) groups excluding carboxylic acids is 1. The smallest absolute Gasteiger partial charge is 0.273 e. The van der Waals surface area contributed by atoms with Crippen molar-refractivity contribution in [2.24, 2.45) is 5.73 Å². The van der Waals surface area contributed by atoms with Gasteiger partial charge >= 0.3 is 0 Å². The first kappa shape index (κ1) is 11.6. The van der Waals surface area contributed by atoms with Gasteiger partial charge in [-0.05, 0) is 19.8 Å². The Labute approximate surface area is 93.0 Å². The monoisotopic (exact) mass is 227 g/mol. The SMILES string of the molecule is Cc1cc(C(=O)NCCCC(N)=S)no1. The van der Waals surface area contributed by atoms with E-state index in [1.54, 1.807) is 13.0 Å². The molecular formula is C9H13N3O2S. The second-order valence-electron chi connectivity index (χ2n) is 3.15. The van der Waals surface area contributed by atoms with E-state index >= 15 is 0 Å². The van der Waals surface area contributed by atoms with Gasteiger partial charge in [-0.2, -0.15) is 0 Å². The fraction of sp³-hybridized carbons (Fsp3) is 0.444. The van der Waals surface area contributed by atoms with Gasteiger partial charge in [-0.1, -0.05) is 17.4 Å². The largest absolute Gasteiger partial charge is 0.393 e. The molecule has 6 heteroatoms. The average molecular weight is 227 g/mol. The van der Waals surface area contributed by atoms with E-state index in [0.717, 1.165) is 6.42 Å². The minimum absolute atomic E-state index is 0.241. The quantitative estimate of drug-likeness (QED) is 0.574. The van der Waals surface area contributed by atoms with Gasteiger partial charge in [0.05, 0.1) is 4.99 Å². The first-order valence-electron chi connectivity index (χ1n) is 4.59. The topological polar surface area (TPSA) is 81.2 Å². The van der Waals surface area contributed by atoms with E-state index in [-0.39, 0.29) is 5.91 Å². The Hall–Kier alpha value is -1.43. The Balaban J connectivity index is 2.28. The van der Waals surface area contributed by atoms with Crippen LogP contribution in [0.2, 0.25) is 0 Å². The first-order chi connectivity index (χ1) is 7.09. The zero-order chi connectivity index (χ0) is 11.3. The minimum Gasteiger partial charge on any atom is -0.393 e. The molecule has 0 spiro atoms. The van der Waals surface area contributed by atoms with Crippen molar-refractivity contribution in [1.29, 1.82) is 0 Å². The number of aryl methyl sites for hydroxylation is 1. The number of carbonyl (C=O) groups is 1. The molecule has 0 saturated carbocycles. The molecule has 15 heavy (non-hydrogen) atoms. The summed E-state index contributed by atoms with van der Waals surface area (Å²) in [5.74, 6) is 0.373. The average Bonchev–Trinajstić information content (AvgIpc) is 2.59. The third kappa shape index (κ3) is 4.07. The number of thiocarbonyl (C=S) groups is 1. The zero-order valence-corrected chi connectivity index (χ0v) is 9.26. The lowest BCUT2D eigenvalue weighted by Gasteiger charge is -2.01. The van der Waals surface area contributed by atoms with Gasteiger partial charge in [-0.25, -0.2) is 0 Å². The predicted octanol–water partition coefficient (Wildman–Crippen LogP) is 0.779. The zero-order valence-electron chi connectivity index (χ0n) is 8.45. The van der Waals surface area contributed by atoms with Gasteiger partial charge in [-0.3, -0.25) is 4.79 Å². The second kappa shape index (κ2) is 5.45. The van der Waals surface area contributed by atoms with Crippen LogP contribution in [0.5, 0.6) is 0 Å². The summed E-state index contributed by atoms with van der Waals surface area (Å²) >= 11 is 4.71. The van der Waals surface area contributed by atoms with Crippen LogP contribution in [0.3, 0.4) is 0 Å². The molecule has 1 aromatic heterocycles. The highest BCUT2D eigenvalue weighted by atomic mass is 32.1. The molecule has 0 radical (unpaired) electrons. The molecule has 1 amide bonds. The van der Waals surface area contributed by atoms with Crippen LogP contribution in [-0.4, -0.2) is 22.6 Å². The second-order valence-corrected chi connectivity index (χ2v) is 3.67. The highest BCUT2D eigenvalue weighted by molar-refractivity contribution is 7.80. The van der Waals surface area contributed by atoms with Gasteiger partial charge in [0.15, 0.2) is 5.69 Å². The maximum Gasteiger partial charge on any atom is 0.273 e. The summed E-state index contributed by atoms with van der Waals surface area (Å²) < 4.78 is 4.78. The van der Waals surface area contributed by atoms with E-state index in [2.05, 4.69) is 10.5 Å². The third-order valence-electron chi connectivity index (χ3n) is 1.75. The molecule has 1 heterocycles. The van der Waals surface area contributed by atoms with E-state index in [4.69, 9.17) is 22.5 Å². The molecule has 1 aromatic rings. The molecule has 3 N–H and O–H groups in total. The molecule has 1 rings (SSSR count). The number of aromatic nitrogens is 1. The van der Waals surface area contributed by atoms with Crippen molar-refractivity contribution < 1.29 is 9.32 Å².